The topological polar surface area (TPSA) is 103 Å². The molecule has 0 unspecified atom stereocenters. The normalized spacial score (nSPS) is 11.0. The third-order valence-corrected chi connectivity index (χ3v) is 5.07. The second-order valence-corrected chi connectivity index (χ2v) is 8.20. The number of hydrogen-bond acceptors (Lipinski definition) is 9. The van der Waals surface area contributed by atoms with Gasteiger partial charge in [-0.05, 0) is 11.1 Å². The summed E-state index contributed by atoms with van der Waals surface area (Å²) in [6.07, 6.45) is -0.464. The van der Waals surface area contributed by atoms with Crippen molar-refractivity contribution in [3.8, 4) is 0 Å². The number of hydrogen-bond donors (Lipinski definition) is 1. The number of ether oxygens (including phenoxy) is 8. The number of rotatable bonds is 25. The number of benzene rings is 2. The zero-order chi connectivity index (χ0) is 27.5. The Hall–Kier alpha value is -2.57. The first-order valence-corrected chi connectivity index (χ1v) is 13.4. The lowest BCUT2D eigenvalue weighted by atomic mass is 10.2. The highest BCUT2D eigenvalue weighted by Gasteiger charge is 2.01. The molecule has 10 nitrogen and oxygen atoms in total. The van der Waals surface area contributed by atoms with E-state index < -0.39 is 6.09 Å². The summed E-state index contributed by atoms with van der Waals surface area (Å²) in [5.41, 5.74) is 2.10. The Bertz CT molecular complexity index is 811. The fourth-order valence-corrected chi connectivity index (χ4v) is 3.08. The molecule has 0 aromatic heterocycles. The summed E-state index contributed by atoms with van der Waals surface area (Å²) in [4.78, 5) is 11.6. The number of carbonyl (C=O) groups is 1. The Kier molecular flexibility index (Phi) is 20.5. The molecule has 0 bridgehead atoms. The van der Waals surface area contributed by atoms with Crippen molar-refractivity contribution in [1.29, 1.82) is 0 Å². The van der Waals surface area contributed by atoms with E-state index in [1.54, 1.807) is 0 Å². The van der Waals surface area contributed by atoms with Gasteiger partial charge in [0.2, 0.25) is 0 Å². The Labute approximate surface area is 231 Å². The lowest BCUT2D eigenvalue weighted by Crippen LogP contribution is -2.28. The summed E-state index contributed by atoms with van der Waals surface area (Å²) in [5, 5.41) is 2.64. The predicted molar refractivity (Wildman–Crippen MR) is 146 cm³/mol. The minimum Gasteiger partial charge on any atom is -0.445 e. The molecule has 0 spiro atoms. The van der Waals surface area contributed by atoms with E-state index >= 15 is 0 Å². The Morgan fingerprint density at radius 1 is 0.462 bits per heavy atom. The van der Waals surface area contributed by atoms with E-state index in [9.17, 15) is 4.79 Å². The van der Waals surface area contributed by atoms with E-state index in [4.69, 9.17) is 37.9 Å². The van der Waals surface area contributed by atoms with Crippen LogP contribution in [0.2, 0.25) is 0 Å². The molecule has 1 amide bonds. The Balaban J connectivity index is 1.19. The molecule has 0 saturated heterocycles. The highest BCUT2D eigenvalue weighted by molar-refractivity contribution is 5.67. The lowest BCUT2D eigenvalue weighted by Gasteiger charge is -2.09. The molecule has 0 aliphatic rings. The fraction of sp³-hybridized carbons (Fsp3) is 0.552. The largest absolute Gasteiger partial charge is 0.445 e. The first-order chi connectivity index (χ1) is 19.3. The van der Waals surface area contributed by atoms with Crippen LogP contribution in [0.4, 0.5) is 4.79 Å². The van der Waals surface area contributed by atoms with Crippen LogP contribution in [0.5, 0.6) is 0 Å². The monoisotopic (exact) mass is 549 g/mol. The van der Waals surface area contributed by atoms with Crippen LogP contribution >= 0.6 is 0 Å². The predicted octanol–water partition coefficient (Wildman–Crippen LogP) is 3.23. The molecule has 39 heavy (non-hydrogen) atoms. The van der Waals surface area contributed by atoms with Gasteiger partial charge in [0.25, 0.3) is 0 Å². The van der Waals surface area contributed by atoms with Gasteiger partial charge in [-0.3, -0.25) is 0 Å². The van der Waals surface area contributed by atoms with E-state index in [2.05, 4.69) is 5.32 Å². The summed E-state index contributed by atoms with van der Waals surface area (Å²) >= 11 is 0. The zero-order valence-corrected chi connectivity index (χ0v) is 22.8. The molecule has 0 aliphatic carbocycles. The maximum Gasteiger partial charge on any atom is 0.407 e. The van der Waals surface area contributed by atoms with Crippen LogP contribution in [0.25, 0.3) is 0 Å². The Morgan fingerprint density at radius 3 is 1.26 bits per heavy atom. The number of nitrogens with one attached hydrogen (secondary N) is 1. The van der Waals surface area contributed by atoms with Gasteiger partial charge in [-0.15, -0.1) is 0 Å². The van der Waals surface area contributed by atoms with Crippen molar-refractivity contribution in [2.45, 2.75) is 13.2 Å². The van der Waals surface area contributed by atoms with Gasteiger partial charge in [0, 0.05) is 6.54 Å². The van der Waals surface area contributed by atoms with E-state index in [-0.39, 0.29) is 6.61 Å². The molecule has 2 aromatic rings. The van der Waals surface area contributed by atoms with Gasteiger partial charge >= 0.3 is 6.09 Å². The minimum absolute atomic E-state index is 0.243. The molecule has 10 heteroatoms. The van der Waals surface area contributed by atoms with E-state index in [0.29, 0.717) is 99.0 Å². The van der Waals surface area contributed by atoms with Gasteiger partial charge in [-0.25, -0.2) is 4.79 Å². The molecule has 0 saturated carbocycles. The van der Waals surface area contributed by atoms with Crippen molar-refractivity contribution < 1.29 is 42.7 Å². The highest BCUT2D eigenvalue weighted by atomic mass is 16.6. The smallest absolute Gasteiger partial charge is 0.407 e. The third kappa shape index (κ3) is 20.1. The summed E-state index contributed by atoms with van der Waals surface area (Å²) < 4.78 is 43.4. The average Bonchev–Trinajstić information content (AvgIpc) is 2.97. The van der Waals surface area contributed by atoms with E-state index in [1.165, 1.54) is 0 Å². The molecule has 218 valence electrons. The average molecular weight is 550 g/mol. The number of amides is 1. The first-order valence-electron chi connectivity index (χ1n) is 13.4. The summed E-state index contributed by atoms with van der Waals surface area (Å²) in [6, 6.07) is 19.6. The molecule has 0 atom stereocenters. The van der Waals surface area contributed by atoms with Crippen LogP contribution in [0.15, 0.2) is 60.7 Å². The summed E-state index contributed by atoms with van der Waals surface area (Å²) in [7, 11) is 0. The second-order valence-electron chi connectivity index (χ2n) is 8.20. The summed E-state index contributed by atoms with van der Waals surface area (Å²) in [6.45, 7) is 7.66. The van der Waals surface area contributed by atoms with Crippen LogP contribution in [-0.2, 0) is 51.1 Å². The van der Waals surface area contributed by atoms with Crippen LogP contribution in [0.3, 0.4) is 0 Å². The van der Waals surface area contributed by atoms with E-state index in [1.807, 2.05) is 60.7 Å². The van der Waals surface area contributed by atoms with Crippen molar-refractivity contribution in [3.05, 3.63) is 71.8 Å². The van der Waals surface area contributed by atoms with Crippen molar-refractivity contribution in [2.75, 3.05) is 92.4 Å². The Morgan fingerprint density at radius 2 is 0.821 bits per heavy atom. The highest BCUT2D eigenvalue weighted by Crippen LogP contribution is 2.01. The summed E-state index contributed by atoms with van der Waals surface area (Å²) in [5.74, 6) is 0. The van der Waals surface area contributed by atoms with Crippen LogP contribution in [-0.4, -0.2) is 98.5 Å². The maximum absolute atomic E-state index is 11.6. The standard InChI is InChI=1S/C29H43NO9/c31-29(39-26-28-9-5-2-6-10-28)30-11-12-32-13-14-33-15-16-34-17-18-35-19-20-36-21-22-37-23-24-38-25-27-7-3-1-4-8-27/h1-10H,11-26H2,(H,30,31). The second kappa shape index (κ2) is 24.5. The van der Waals surface area contributed by atoms with Gasteiger partial charge in [0.05, 0.1) is 92.5 Å². The van der Waals surface area contributed by atoms with E-state index in [0.717, 1.165) is 11.1 Å². The van der Waals surface area contributed by atoms with Crippen LogP contribution in [0, 0.1) is 0 Å². The van der Waals surface area contributed by atoms with Crippen molar-refractivity contribution >= 4 is 6.09 Å². The molecule has 0 radical (unpaired) electrons. The van der Waals surface area contributed by atoms with Gasteiger partial charge in [0.1, 0.15) is 6.61 Å². The van der Waals surface area contributed by atoms with Gasteiger partial charge in [0.15, 0.2) is 0 Å². The first kappa shape index (κ1) is 32.6. The molecule has 0 aliphatic heterocycles. The SMILES string of the molecule is O=C(NCCOCCOCCOCCOCCOCCOCCOCc1ccccc1)OCc1ccccc1. The quantitative estimate of drug-likeness (QED) is 0.187. The molecule has 0 heterocycles. The molecule has 1 N–H and O–H groups in total. The lowest BCUT2D eigenvalue weighted by molar-refractivity contribution is -0.0210. The molecular formula is C29H43NO9. The minimum atomic E-state index is -0.464. The number of carbonyl (C=O) groups excluding carboxylic acids is 1. The molecule has 2 rings (SSSR count). The van der Waals surface area contributed by atoms with Crippen LogP contribution in [0.1, 0.15) is 11.1 Å². The van der Waals surface area contributed by atoms with Gasteiger partial charge < -0.3 is 43.2 Å². The molecule has 2 aromatic carbocycles. The maximum atomic E-state index is 11.6. The van der Waals surface area contributed by atoms with Crippen molar-refractivity contribution in [1.82, 2.24) is 5.32 Å². The zero-order valence-electron chi connectivity index (χ0n) is 22.8. The van der Waals surface area contributed by atoms with Crippen LogP contribution < -0.4 is 5.32 Å². The number of alkyl carbamates (subject to hydrolysis) is 1. The van der Waals surface area contributed by atoms with Crippen molar-refractivity contribution in [2.24, 2.45) is 0 Å². The molecule has 0 fully saturated rings. The fourth-order valence-electron chi connectivity index (χ4n) is 3.08. The van der Waals surface area contributed by atoms with Gasteiger partial charge in [-0.1, -0.05) is 60.7 Å². The third-order valence-electron chi connectivity index (χ3n) is 5.07. The van der Waals surface area contributed by atoms with Gasteiger partial charge in [-0.2, -0.15) is 0 Å². The molecular weight excluding hydrogens is 506 g/mol. The van der Waals surface area contributed by atoms with Crippen molar-refractivity contribution in [3.63, 3.8) is 0 Å².